The summed E-state index contributed by atoms with van der Waals surface area (Å²) in [5.74, 6) is -0.264. The van der Waals surface area contributed by atoms with Crippen molar-refractivity contribution < 1.29 is 19.0 Å². The van der Waals surface area contributed by atoms with Gasteiger partial charge in [-0.1, -0.05) is 12.7 Å². The number of hydrogen-bond donors (Lipinski definition) is 0. The fourth-order valence-electron chi connectivity index (χ4n) is 0.273. The van der Waals surface area contributed by atoms with E-state index in [4.69, 9.17) is 0 Å². The summed E-state index contributed by atoms with van der Waals surface area (Å²) in [6.45, 7) is 6.87. The van der Waals surface area contributed by atoms with Crippen LogP contribution in [-0.2, 0) is 19.0 Å². The number of ether oxygens (including phenoxy) is 3. The van der Waals surface area contributed by atoms with Gasteiger partial charge in [0.15, 0.2) is 6.29 Å². The highest BCUT2D eigenvalue weighted by Gasteiger charge is 1.88. The molecule has 0 N–H and O–H groups in total. The van der Waals surface area contributed by atoms with Gasteiger partial charge in [0, 0.05) is 21.1 Å². The fourth-order valence-corrected chi connectivity index (χ4v) is 0.273. The summed E-state index contributed by atoms with van der Waals surface area (Å²) < 4.78 is 13.8. The molecule has 4 heteroatoms. The zero-order chi connectivity index (χ0) is 10.7. The molecule has 0 bridgehead atoms. The van der Waals surface area contributed by atoms with Crippen molar-refractivity contribution in [2.24, 2.45) is 0 Å². The van der Waals surface area contributed by atoms with Gasteiger partial charge in [0.25, 0.3) is 0 Å². The quantitative estimate of drug-likeness (QED) is 0.381. The van der Waals surface area contributed by atoms with E-state index < -0.39 is 0 Å². The minimum atomic E-state index is -0.264. The van der Waals surface area contributed by atoms with Crippen molar-refractivity contribution in [3.63, 3.8) is 0 Å². The molecule has 0 aromatic carbocycles. The lowest BCUT2D eigenvalue weighted by Gasteiger charge is -2.03. The van der Waals surface area contributed by atoms with Gasteiger partial charge >= 0.3 is 5.97 Å². The van der Waals surface area contributed by atoms with E-state index in [1.165, 1.54) is 13.0 Å². The standard InChI is InChI=1S/C5H8O2.C4H10O2/c1-3-4-7-5(2)6;1-4(5-2)6-3/h3H,1,4H2,2H3;4H,1-3H3. The van der Waals surface area contributed by atoms with Gasteiger partial charge < -0.3 is 14.2 Å². The van der Waals surface area contributed by atoms with Gasteiger partial charge in [0.05, 0.1) is 0 Å². The molecule has 0 heterocycles. The monoisotopic (exact) mass is 190 g/mol. The molecule has 0 aliphatic carbocycles. The van der Waals surface area contributed by atoms with Gasteiger partial charge in [0.2, 0.25) is 0 Å². The molecule has 0 rings (SSSR count). The third-order valence-corrected chi connectivity index (χ3v) is 1.07. The van der Waals surface area contributed by atoms with Crippen LogP contribution in [0.15, 0.2) is 12.7 Å². The summed E-state index contributed by atoms with van der Waals surface area (Å²) in [4.78, 5) is 9.93. The van der Waals surface area contributed by atoms with Crippen molar-refractivity contribution in [2.75, 3.05) is 20.8 Å². The summed E-state index contributed by atoms with van der Waals surface area (Å²) in [6.07, 6.45) is 1.46. The van der Waals surface area contributed by atoms with E-state index in [-0.39, 0.29) is 12.3 Å². The summed E-state index contributed by atoms with van der Waals surface area (Å²) >= 11 is 0. The first-order valence-corrected chi connectivity index (χ1v) is 3.88. The highest BCUT2D eigenvalue weighted by molar-refractivity contribution is 5.65. The molecule has 0 saturated heterocycles. The summed E-state index contributed by atoms with van der Waals surface area (Å²) in [7, 11) is 3.21. The van der Waals surface area contributed by atoms with Gasteiger partial charge in [-0.05, 0) is 6.92 Å². The molecule has 13 heavy (non-hydrogen) atoms. The summed E-state index contributed by atoms with van der Waals surface area (Å²) in [5, 5.41) is 0. The Hall–Kier alpha value is -0.870. The second-order valence-corrected chi connectivity index (χ2v) is 2.13. The number of rotatable bonds is 4. The highest BCUT2D eigenvalue weighted by atomic mass is 16.7. The topological polar surface area (TPSA) is 44.8 Å². The average Bonchev–Trinajstić information content (AvgIpc) is 2.14. The van der Waals surface area contributed by atoms with Crippen LogP contribution in [-0.4, -0.2) is 33.1 Å². The molecule has 0 fully saturated rings. The van der Waals surface area contributed by atoms with Gasteiger partial charge in [-0.25, -0.2) is 0 Å². The van der Waals surface area contributed by atoms with E-state index in [0.717, 1.165) is 0 Å². The molecule has 0 saturated carbocycles. The molecule has 0 aliphatic heterocycles. The molecular formula is C9H18O4. The van der Waals surface area contributed by atoms with Crippen LogP contribution >= 0.6 is 0 Å². The molecule has 0 unspecified atom stereocenters. The van der Waals surface area contributed by atoms with E-state index >= 15 is 0 Å². The van der Waals surface area contributed by atoms with Crippen LogP contribution in [0.4, 0.5) is 0 Å². The number of esters is 1. The highest BCUT2D eigenvalue weighted by Crippen LogP contribution is 1.83. The van der Waals surface area contributed by atoms with Crippen molar-refractivity contribution in [3.05, 3.63) is 12.7 Å². The fraction of sp³-hybridized carbons (Fsp3) is 0.667. The zero-order valence-corrected chi connectivity index (χ0v) is 8.70. The van der Waals surface area contributed by atoms with Crippen molar-refractivity contribution in [2.45, 2.75) is 20.1 Å². The van der Waals surface area contributed by atoms with Crippen molar-refractivity contribution in [1.82, 2.24) is 0 Å². The number of carbonyl (C=O) groups excluding carboxylic acids is 1. The van der Waals surface area contributed by atoms with Gasteiger partial charge in [0.1, 0.15) is 6.61 Å². The zero-order valence-electron chi connectivity index (χ0n) is 8.70. The molecule has 0 aromatic rings. The molecule has 0 aromatic heterocycles. The van der Waals surface area contributed by atoms with Crippen LogP contribution < -0.4 is 0 Å². The smallest absolute Gasteiger partial charge is 0.302 e. The molecule has 4 nitrogen and oxygen atoms in total. The Morgan fingerprint density at radius 2 is 1.92 bits per heavy atom. The molecule has 0 atom stereocenters. The minimum absolute atomic E-state index is 0.0648. The van der Waals surface area contributed by atoms with E-state index in [1.807, 2.05) is 6.92 Å². The molecular weight excluding hydrogens is 172 g/mol. The van der Waals surface area contributed by atoms with Crippen LogP contribution in [0.2, 0.25) is 0 Å². The Bertz CT molecular complexity index is 130. The summed E-state index contributed by atoms with van der Waals surface area (Å²) in [6, 6.07) is 0. The van der Waals surface area contributed by atoms with E-state index in [0.29, 0.717) is 6.61 Å². The second-order valence-electron chi connectivity index (χ2n) is 2.13. The molecule has 0 amide bonds. The van der Waals surface area contributed by atoms with Crippen molar-refractivity contribution in [1.29, 1.82) is 0 Å². The molecule has 0 spiro atoms. The largest absolute Gasteiger partial charge is 0.462 e. The second kappa shape index (κ2) is 11.1. The maximum absolute atomic E-state index is 9.93. The Morgan fingerprint density at radius 3 is 2.00 bits per heavy atom. The predicted molar refractivity (Wildman–Crippen MR) is 50.3 cm³/mol. The van der Waals surface area contributed by atoms with Crippen LogP contribution in [0.3, 0.4) is 0 Å². The third kappa shape index (κ3) is 18.2. The van der Waals surface area contributed by atoms with E-state index in [9.17, 15) is 4.79 Å². The third-order valence-electron chi connectivity index (χ3n) is 1.07. The first-order valence-electron chi connectivity index (χ1n) is 3.88. The first kappa shape index (κ1) is 14.6. The lowest BCUT2D eigenvalue weighted by atomic mass is 10.7. The SMILES string of the molecule is C=CCOC(C)=O.COC(C)OC. The average molecular weight is 190 g/mol. The Kier molecular flexibility index (Phi) is 12.5. The summed E-state index contributed by atoms with van der Waals surface area (Å²) in [5.41, 5.74) is 0. The molecule has 0 radical (unpaired) electrons. The maximum atomic E-state index is 9.93. The normalized spacial score (nSPS) is 8.69. The number of carbonyl (C=O) groups is 1. The van der Waals surface area contributed by atoms with E-state index in [1.54, 1.807) is 14.2 Å². The van der Waals surface area contributed by atoms with Crippen molar-refractivity contribution >= 4 is 5.97 Å². The predicted octanol–water partition coefficient (Wildman–Crippen LogP) is 1.36. The van der Waals surface area contributed by atoms with E-state index in [2.05, 4.69) is 20.8 Å². The minimum Gasteiger partial charge on any atom is -0.462 e. The lowest BCUT2D eigenvalue weighted by molar-refractivity contribution is -0.139. The molecule has 0 aliphatic rings. The van der Waals surface area contributed by atoms with Gasteiger partial charge in [-0.3, -0.25) is 4.79 Å². The Labute approximate surface area is 79.5 Å². The first-order chi connectivity index (χ1) is 6.08. The van der Waals surface area contributed by atoms with Crippen LogP contribution in [0, 0.1) is 0 Å². The molecule has 78 valence electrons. The number of hydrogen-bond acceptors (Lipinski definition) is 4. The maximum Gasteiger partial charge on any atom is 0.302 e. The number of methoxy groups -OCH3 is 2. The lowest BCUT2D eigenvalue weighted by Crippen LogP contribution is -2.05. The Balaban J connectivity index is 0. The van der Waals surface area contributed by atoms with Crippen LogP contribution in [0.1, 0.15) is 13.8 Å². The van der Waals surface area contributed by atoms with Crippen LogP contribution in [0.25, 0.3) is 0 Å². The Morgan fingerprint density at radius 1 is 1.46 bits per heavy atom. The van der Waals surface area contributed by atoms with Crippen molar-refractivity contribution in [3.8, 4) is 0 Å². The van der Waals surface area contributed by atoms with Crippen LogP contribution in [0.5, 0.6) is 0 Å². The van der Waals surface area contributed by atoms with Gasteiger partial charge in [-0.2, -0.15) is 0 Å². The van der Waals surface area contributed by atoms with Gasteiger partial charge in [-0.15, -0.1) is 0 Å².